The fourth-order valence-corrected chi connectivity index (χ4v) is 3.87. The normalized spacial score (nSPS) is 13.9. The third-order valence-corrected chi connectivity index (χ3v) is 5.31. The van der Waals surface area contributed by atoms with Gasteiger partial charge in [-0.3, -0.25) is 19.4 Å². The number of halogens is 5. The molecule has 1 aliphatic rings. The molecule has 14 heteroatoms. The number of anilines is 1. The second-order valence-corrected chi connectivity index (χ2v) is 8.56. The molecule has 3 rings (SSSR count). The molecule has 0 bridgehead atoms. The number of amides is 2. The van der Waals surface area contributed by atoms with Crippen LogP contribution in [-0.2, 0) is 15.8 Å². The number of hydrogen-bond donors (Lipinski definition) is 5. The van der Waals surface area contributed by atoms with Crippen molar-refractivity contribution in [1.82, 2.24) is 16.0 Å². The number of benzene rings is 2. The number of hydrogen-bond acceptors (Lipinski definition) is 6. The standard InChI is InChI=1S/C22H20Cl2F3N5O4/c23-14-4-11(5-15(24)8-14)17(9-19(34)35)32-18(33)10-30-20(36)12-3-13(22(25,26)27)7-16(6-12)31-21-28-1-2-29-21/h3-8,17H,1-2,9-10H2,(H,30,36)(H,32,33)(H,34,35)(H2,28,29,31). The molecule has 1 aliphatic heterocycles. The molecule has 9 nitrogen and oxygen atoms in total. The summed E-state index contributed by atoms with van der Waals surface area (Å²) in [6, 6.07) is 5.95. The molecular formula is C22H20Cl2F3N5O4. The molecule has 0 saturated heterocycles. The number of guanidine groups is 1. The van der Waals surface area contributed by atoms with Crippen LogP contribution in [0.3, 0.4) is 0 Å². The third-order valence-electron chi connectivity index (χ3n) is 4.87. The third kappa shape index (κ3) is 7.75. The molecule has 5 N–H and O–H groups in total. The predicted molar refractivity (Wildman–Crippen MR) is 127 cm³/mol. The van der Waals surface area contributed by atoms with Crippen LogP contribution >= 0.6 is 23.2 Å². The lowest BCUT2D eigenvalue weighted by atomic mass is 10.0. The molecule has 1 heterocycles. The maximum absolute atomic E-state index is 13.4. The largest absolute Gasteiger partial charge is 0.481 e. The molecule has 192 valence electrons. The van der Waals surface area contributed by atoms with Crippen LogP contribution < -0.4 is 21.3 Å². The van der Waals surface area contributed by atoms with Gasteiger partial charge in [0.1, 0.15) is 0 Å². The van der Waals surface area contributed by atoms with Crippen molar-refractivity contribution in [2.75, 3.05) is 25.0 Å². The van der Waals surface area contributed by atoms with Crippen molar-refractivity contribution in [3.63, 3.8) is 0 Å². The Morgan fingerprint density at radius 1 is 1.08 bits per heavy atom. The van der Waals surface area contributed by atoms with E-state index in [1.807, 2.05) is 0 Å². The van der Waals surface area contributed by atoms with E-state index in [-0.39, 0.29) is 27.3 Å². The highest BCUT2D eigenvalue weighted by Crippen LogP contribution is 2.32. The highest BCUT2D eigenvalue weighted by molar-refractivity contribution is 6.34. The number of carboxylic acids is 1. The second kappa shape index (κ2) is 11.5. The Labute approximate surface area is 213 Å². The van der Waals surface area contributed by atoms with Gasteiger partial charge in [0.2, 0.25) is 5.91 Å². The molecule has 0 aliphatic carbocycles. The Morgan fingerprint density at radius 3 is 2.36 bits per heavy atom. The van der Waals surface area contributed by atoms with Crippen molar-refractivity contribution < 1.29 is 32.7 Å². The van der Waals surface area contributed by atoms with Gasteiger partial charge >= 0.3 is 12.1 Å². The van der Waals surface area contributed by atoms with Crippen LogP contribution in [-0.4, -0.2) is 48.5 Å². The summed E-state index contributed by atoms with van der Waals surface area (Å²) in [6.07, 6.45) is -5.23. The highest BCUT2D eigenvalue weighted by Gasteiger charge is 2.32. The van der Waals surface area contributed by atoms with Crippen LogP contribution in [0.2, 0.25) is 10.0 Å². The maximum Gasteiger partial charge on any atom is 0.416 e. The van der Waals surface area contributed by atoms with Gasteiger partial charge in [0.05, 0.1) is 31.1 Å². The first-order chi connectivity index (χ1) is 16.9. The van der Waals surface area contributed by atoms with Crippen LogP contribution in [0.5, 0.6) is 0 Å². The van der Waals surface area contributed by atoms with Gasteiger partial charge in [-0.1, -0.05) is 23.2 Å². The molecule has 0 radical (unpaired) electrons. The molecule has 1 unspecified atom stereocenters. The number of alkyl halides is 3. The molecule has 0 spiro atoms. The lowest BCUT2D eigenvalue weighted by Gasteiger charge is -2.18. The van der Waals surface area contributed by atoms with Crippen LogP contribution in [0.1, 0.15) is 33.9 Å². The summed E-state index contributed by atoms with van der Waals surface area (Å²) in [6.45, 7) is 0.346. The Kier molecular flexibility index (Phi) is 8.64. The Bertz CT molecular complexity index is 1190. The van der Waals surface area contributed by atoms with Crippen molar-refractivity contribution in [2.24, 2.45) is 4.99 Å². The Hall–Kier alpha value is -3.51. The predicted octanol–water partition coefficient (Wildman–Crippen LogP) is 3.45. The van der Waals surface area contributed by atoms with Crippen LogP contribution in [0, 0.1) is 0 Å². The summed E-state index contributed by atoms with van der Waals surface area (Å²) in [4.78, 5) is 40.3. The van der Waals surface area contributed by atoms with Gasteiger partial charge in [0.15, 0.2) is 5.96 Å². The first kappa shape index (κ1) is 27.1. The number of aliphatic carboxylic acids is 1. The van der Waals surface area contributed by atoms with Crippen LogP contribution in [0.4, 0.5) is 18.9 Å². The maximum atomic E-state index is 13.4. The van der Waals surface area contributed by atoms with E-state index >= 15 is 0 Å². The Balaban J connectivity index is 1.71. The molecule has 36 heavy (non-hydrogen) atoms. The zero-order chi connectivity index (χ0) is 26.5. The number of carbonyl (C=O) groups excluding carboxylic acids is 2. The molecule has 2 amide bonds. The summed E-state index contributed by atoms with van der Waals surface area (Å²) in [5.74, 6) is -2.67. The smallest absolute Gasteiger partial charge is 0.416 e. The van der Waals surface area contributed by atoms with E-state index in [0.717, 1.165) is 6.07 Å². The van der Waals surface area contributed by atoms with Crippen molar-refractivity contribution in [2.45, 2.75) is 18.6 Å². The molecular weight excluding hydrogens is 526 g/mol. The van der Waals surface area contributed by atoms with Gasteiger partial charge in [-0.2, -0.15) is 13.2 Å². The summed E-state index contributed by atoms with van der Waals surface area (Å²) in [5.41, 5.74) is -1.11. The van der Waals surface area contributed by atoms with Gasteiger partial charge in [0.25, 0.3) is 5.91 Å². The average molecular weight is 546 g/mol. The number of carboxylic acid groups (broad SMARTS) is 1. The van der Waals surface area contributed by atoms with Gasteiger partial charge < -0.3 is 26.4 Å². The quantitative estimate of drug-likeness (QED) is 0.345. The fourth-order valence-electron chi connectivity index (χ4n) is 3.32. The van der Waals surface area contributed by atoms with Crippen molar-refractivity contribution in [3.8, 4) is 0 Å². The zero-order valence-corrected chi connectivity index (χ0v) is 19.9. The number of rotatable bonds is 8. The monoisotopic (exact) mass is 545 g/mol. The van der Waals surface area contributed by atoms with Gasteiger partial charge in [-0.05, 0) is 42.0 Å². The number of nitrogens with zero attached hydrogens (tertiary/aromatic N) is 1. The molecule has 0 aromatic heterocycles. The fraction of sp³-hybridized carbons (Fsp3) is 0.273. The lowest BCUT2D eigenvalue weighted by molar-refractivity contribution is -0.138. The topological polar surface area (TPSA) is 132 Å². The van der Waals surface area contributed by atoms with E-state index in [4.69, 9.17) is 23.2 Å². The summed E-state index contributed by atoms with van der Waals surface area (Å²) in [5, 5.41) is 19.9. The Morgan fingerprint density at radius 2 is 1.78 bits per heavy atom. The van der Waals surface area contributed by atoms with Gasteiger partial charge in [-0.15, -0.1) is 0 Å². The molecule has 2 aromatic carbocycles. The summed E-state index contributed by atoms with van der Waals surface area (Å²) < 4.78 is 40.1. The molecule has 2 aromatic rings. The van der Waals surface area contributed by atoms with E-state index in [2.05, 4.69) is 26.3 Å². The SMILES string of the molecule is O=C(O)CC(NC(=O)CNC(=O)c1cc(NC2=NCCN2)cc(C(F)(F)F)c1)c1cc(Cl)cc(Cl)c1. The van der Waals surface area contributed by atoms with Gasteiger partial charge in [-0.25, -0.2) is 0 Å². The van der Waals surface area contributed by atoms with Crippen molar-refractivity contribution >= 4 is 52.6 Å². The second-order valence-electron chi connectivity index (χ2n) is 7.68. The van der Waals surface area contributed by atoms with E-state index in [1.54, 1.807) is 0 Å². The average Bonchev–Trinajstić information content (AvgIpc) is 3.28. The molecule has 1 atom stereocenters. The minimum atomic E-state index is -4.72. The van der Waals surface area contributed by atoms with Crippen molar-refractivity contribution in [1.29, 1.82) is 0 Å². The van der Waals surface area contributed by atoms with E-state index < -0.39 is 48.5 Å². The van der Waals surface area contributed by atoms with E-state index in [9.17, 15) is 32.7 Å². The number of carbonyl (C=O) groups is 3. The van der Waals surface area contributed by atoms with Gasteiger partial charge in [0, 0.05) is 27.8 Å². The zero-order valence-electron chi connectivity index (χ0n) is 18.4. The first-order valence-electron chi connectivity index (χ1n) is 10.4. The molecule has 0 fully saturated rings. The van der Waals surface area contributed by atoms with Crippen LogP contribution in [0.15, 0.2) is 41.4 Å². The number of aliphatic imine (C=N–C) groups is 1. The minimum absolute atomic E-state index is 0.0214. The van der Waals surface area contributed by atoms with E-state index in [1.165, 1.54) is 24.3 Å². The summed E-state index contributed by atoms with van der Waals surface area (Å²) >= 11 is 11.9. The van der Waals surface area contributed by atoms with Crippen molar-refractivity contribution in [3.05, 3.63) is 63.1 Å². The van der Waals surface area contributed by atoms with Crippen LogP contribution in [0.25, 0.3) is 0 Å². The first-order valence-corrected chi connectivity index (χ1v) is 11.2. The minimum Gasteiger partial charge on any atom is -0.481 e. The summed E-state index contributed by atoms with van der Waals surface area (Å²) in [7, 11) is 0. The van der Waals surface area contributed by atoms with E-state index in [0.29, 0.717) is 24.7 Å². The lowest BCUT2D eigenvalue weighted by Crippen LogP contribution is -2.39. The highest BCUT2D eigenvalue weighted by atomic mass is 35.5. The molecule has 0 saturated carbocycles. The number of nitrogens with one attached hydrogen (secondary N) is 4.